The van der Waals surface area contributed by atoms with E-state index in [9.17, 15) is 18.0 Å². The molecule has 0 unspecified atom stereocenters. The Morgan fingerprint density at radius 3 is 2.09 bits per heavy atom. The Bertz CT molecular complexity index is 1080. The van der Waals surface area contributed by atoms with Crippen molar-refractivity contribution in [2.75, 3.05) is 17.1 Å². The molecule has 0 bridgehead atoms. The molecule has 2 aromatic rings. The summed E-state index contributed by atoms with van der Waals surface area (Å²) in [6.45, 7) is 5.31. The number of nitrogens with one attached hydrogen (secondary N) is 1. The van der Waals surface area contributed by atoms with E-state index in [1.165, 1.54) is 23.1 Å². The van der Waals surface area contributed by atoms with Gasteiger partial charge in [0.05, 0.1) is 11.9 Å². The second kappa shape index (κ2) is 12.4. The van der Waals surface area contributed by atoms with Gasteiger partial charge in [0.1, 0.15) is 12.6 Å². The molecule has 186 valence electrons. The van der Waals surface area contributed by atoms with Gasteiger partial charge in [-0.25, -0.2) is 8.42 Å². The molecule has 10 heteroatoms. The summed E-state index contributed by atoms with van der Waals surface area (Å²) in [5.74, 6) is -0.797. The lowest BCUT2D eigenvalue weighted by Crippen LogP contribution is -2.53. The minimum absolute atomic E-state index is 0.0589. The third kappa shape index (κ3) is 7.89. The lowest BCUT2D eigenvalue weighted by Gasteiger charge is -2.33. The number of anilines is 1. The summed E-state index contributed by atoms with van der Waals surface area (Å²) < 4.78 is 26.2. The highest BCUT2D eigenvalue weighted by Gasteiger charge is 2.32. The van der Waals surface area contributed by atoms with E-state index >= 15 is 0 Å². The molecule has 2 atom stereocenters. The van der Waals surface area contributed by atoms with Crippen LogP contribution in [0.2, 0.25) is 10.0 Å². The zero-order chi connectivity index (χ0) is 25.5. The summed E-state index contributed by atoms with van der Waals surface area (Å²) in [4.78, 5) is 28.1. The van der Waals surface area contributed by atoms with Crippen LogP contribution in [-0.2, 0) is 26.2 Å². The van der Waals surface area contributed by atoms with Gasteiger partial charge in [-0.3, -0.25) is 13.9 Å². The van der Waals surface area contributed by atoms with Gasteiger partial charge in [0.25, 0.3) is 0 Å². The second-order valence-electron chi connectivity index (χ2n) is 8.15. The Morgan fingerprint density at radius 1 is 1.00 bits per heavy atom. The van der Waals surface area contributed by atoms with E-state index in [1.54, 1.807) is 0 Å². The molecule has 0 radical (unpaired) electrons. The zero-order valence-electron chi connectivity index (χ0n) is 19.8. The highest BCUT2D eigenvalue weighted by atomic mass is 35.5. The van der Waals surface area contributed by atoms with Crippen LogP contribution in [0.15, 0.2) is 48.5 Å². The van der Waals surface area contributed by atoms with Gasteiger partial charge >= 0.3 is 0 Å². The standard InChI is InChI=1S/C24H31Cl2N3O4S/c1-5-17(3)27-24(31)22(6-2)28(15-18-10-8-7-9-11-18)23(30)16-29(34(4,32)33)21-13-19(25)12-20(26)14-21/h7-14,17,22H,5-6,15-16H2,1-4H3,(H,27,31)/t17-,22-/m1/s1. The number of carbonyl (C=O) groups excluding carboxylic acids is 2. The predicted molar refractivity (Wildman–Crippen MR) is 138 cm³/mol. The molecule has 34 heavy (non-hydrogen) atoms. The molecule has 0 aliphatic heterocycles. The van der Waals surface area contributed by atoms with Gasteiger partial charge in [0.15, 0.2) is 0 Å². The van der Waals surface area contributed by atoms with Gasteiger partial charge in [0.2, 0.25) is 21.8 Å². The van der Waals surface area contributed by atoms with E-state index in [2.05, 4.69) is 5.32 Å². The van der Waals surface area contributed by atoms with Gasteiger partial charge in [-0.15, -0.1) is 0 Å². The summed E-state index contributed by atoms with van der Waals surface area (Å²) in [5, 5.41) is 3.41. The molecule has 0 saturated heterocycles. The van der Waals surface area contributed by atoms with Crippen LogP contribution in [0.3, 0.4) is 0 Å². The zero-order valence-corrected chi connectivity index (χ0v) is 22.1. The highest BCUT2D eigenvalue weighted by Crippen LogP contribution is 2.27. The van der Waals surface area contributed by atoms with Crippen LogP contribution in [0.1, 0.15) is 39.2 Å². The maximum atomic E-state index is 13.6. The molecule has 0 aliphatic carbocycles. The number of carbonyl (C=O) groups is 2. The molecule has 2 aromatic carbocycles. The van der Waals surface area contributed by atoms with Crippen LogP contribution in [0, 0.1) is 0 Å². The van der Waals surface area contributed by atoms with Crippen LogP contribution in [0.5, 0.6) is 0 Å². The van der Waals surface area contributed by atoms with Crippen molar-refractivity contribution in [1.82, 2.24) is 10.2 Å². The van der Waals surface area contributed by atoms with E-state index in [1.807, 2.05) is 51.1 Å². The average Bonchev–Trinajstić information content (AvgIpc) is 2.76. The van der Waals surface area contributed by atoms with Crippen molar-refractivity contribution in [2.45, 2.75) is 52.2 Å². The van der Waals surface area contributed by atoms with Crippen LogP contribution in [-0.4, -0.2) is 50.0 Å². The van der Waals surface area contributed by atoms with Gasteiger partial charge in [-0.1, -0.05) is 67.4 Å². The molecule has 0 saturated carbocycles. The molecule has 0 aromatic heterocycles. The third-order valence-electron chi connectivity index (χ3n) is 5.40. The van der Waals surface area contributed by atoms with E-state index in [0.717, 1.165) is 22.5 Å². The normalized spacial score (nSPS) is 13.1. The summed E-state index contributed by atoms with van der Waals surface area (Å²) in [6, 6.07) is 12.7. The number of benzene rings is 2. The van der Waals surface area contributed by atoms with Gasteiger partial charge in [0, 0.05) is 22.6 Å². The fraction of sp³-hybridized carbons (Fsp3) is 0.417. The first-order valence-corrected chi connectivity index (χ1v) is 13.6. The molecule has 0 heterocycles. The number of hydrogen-bond donors (Lipinski definition) is 1. The Labute approximate surface area is 212 Å². The minimum atomic E-state index is -3.86. The van der Waals surface area contributed by atoms with Gasteiger partial charge in [-0.2, -0.15) is 0 Å². The fourth-order valence-corrected chi connectivity index (χ4v) is 4.79. The maximum absolute atomic E-state index is 13.6. The molecule has 2 amide bonds. The molecule has 7 nitrogen and oxygen atoms in total. The summed E-state index contributed by atoms with van der Waals surface area (Å²) in [7, 11) is -3.86. The second-order valence-corrected chi connectivity index (χ2v) is 10.9. The summed E-state index contributed by atoms with van der Waals surface area (Å²) in [5.41, 5.74) is 0.993. The van der Waals surface area contributed by atoms with Crippen molar-refractivity contribution in [3.05, 3.63) is 64.1 Å². The molecule has 1 N–H and O–H groups in total. The van der Waals surface area contributed by atoms with Crippen molar-refractivity contribution < 1.29 is 18.0 Å². The predicted octanol–water partition coefficient (Wildman–Crippen LogP) is 4.48. The minimum Gasteiger partial charge on any atom is -0.352 e. The fourth-order valence-electron chi connectivity index (χ4n) is 3.44. The SMILES string of the molecule is CC[C@@H](C)NC(=O)[C@@H](CC)N(Cc1ccccc1)C(=O)CN(c1cc(Cl)cc(Cl)c1)S(C)(=O)=O. The average molecular weight is 529 g/mol. The lowest BCUT2D eigenvalue weighted by molar-refractivity contribution is -0.140. The smallest absolute Gasteiger partial charge is 0.244 e. The molecule has 2 rings (SSSR count). The molecule has 0 spiro atoms. The first kappa shape index (κ1) is 28.0. The Morgan fingerprint density at radius 2 is 1.59 bits per heavy atom. The molecule has 0 aliphatic rings. The number of nitrogens with zero attached hydrogens (tertiary/aromatic N) is 2. The Kier molecular flexibility index (Phi) is 10.2. The summed E-state index contributed by atoms with van der Waals surface area (Å²) in [6.07, 6.45) is 2.11. The van der Waals surface area contributed by atoms with E-state index < -0.39 is 28.5 Å². The van der Waals surface area contributed by atoms with Gasteiger partial charge < -0.3 is 10.2 Å². The van der Waals surface area contributed by atoms with Gasteiger partial charge in [-0.05, 0) is 43.5 Å². The van der Waals surface area contributed by atoms with Crippen molar-refractivity contribution in [3.63, 3.8) is 0 Å². The van der Waals surface area contributed by atoms with Crippen LogP contribution < -0.4 is 9.62 Å². The van der Waals surface area contributed by atoms with Crippen molar-refractivity contribution >= 4 is 50.7 Å². The molecule has 0 fully saturated rings. The maximum Gasteiger partial charge on any atom is 0.244 e. The Balaban J connectivity index is 2.44. The first-order chi connectivity index (χ1) is 16.0. The lowest BCUT2D eigenvalue weighted by atomic mass is 10.1. The molecular weight excluding hydrogens is 497 g/mol. The first-order valence-electron chi connectivity index (χ1n) is 11.0. The third-order valence-corrected chi connectivity index (χ3v) is 6.97. The monoisotopic (exact) mass is 527 g/mol. The quantitative estimate of drug-likeness (QED) is 0.466. The summed E-state index contributed by atoms with van der Waals surface area (Å²) >= 11 is 12.1. The molecular formula is C24H31Cl2N3O4S. The van der Waals surface area contributed by atoms with Crippen molar-refractivity contribution in [2.24, 2.45) is 0 Å². The highest BCUT2D eigenvalue weighted by molar-refractivity contribution is 7.92. The number of rotatable bonds is 11. The van der Waals surface area contributed by atoms with E-state index in [0.29, 0.717) is 6.42 Å². The number of halogens is 2. The topological polar surface area (TPSA) is 86.8 Å². The van der Waals surface area contributed by atoms with E-state index in [-0.39, 0.29) is 34.2 Å². The van der Waals surface area contributed by atoms with Crippen molar-refractivity contribution in [3.8, 4) is 0 Å². The number of hydrogen-bond acceptors (Lipinski definition) is 4. The van der Waals surface area contributed by atoms with Crippen molar-refractivity contribution in [1.29, 1.82) is 0 Å². The number of sulfonamides is 1. The van der Waals surface area contributed by atoms with E-state index in [4.69, 9.17) is 23.2 Å². The number of amides is 2. The van der Waals surface area contributed by atoms with Crippen LogP contribution in [0.25, 0.3) is 0 Å². The Hall–Kier alpha value is -2.29. The van der Waals surface area contributed by atoms with Crippen LogP contribution >= 0.6 is 23.2 Å². The largest absolute Gasteiger partial charge is 0.352 e. The van der Waals surface area contributed by atoms with Crippen LogP contribution in [0.4, 0.5) is 5.69 Å².